The monoisotopic (exact) mass is 769 g/mol. The van der Waals surface area contributed by atoms with Gasteiger partial charge >= 0.3 is 12.1 Å². The van der Waals surface area contributed by atoms with Gasteiger partial charge in [0.15, 0.2) is 12.2 Å². The first kappa shape index (κ1) is 40.6. The zero-order valence-corrected chi connectivity index (χ0v) is 33.7. The summed E-state index contributed by atoms with van der Waals surface area (Å²) in [6.45, 7) is 12.5. The lowest BCUT2D eigenvalue weighted by Gasteiger charge is -2.41. The molecular formula is C44H55N3O9. The Morgan fingerprint density at radius 1 is 0.929 bits per heavy atom. The molecule has 3 aromatic rings. The largest absolute Gasteiger partial charge is 0.482 e. The van der Waals surface area contributed by atoms with Crippen molar-refractivity contribution in [2.24, 2.45) is 5.92 Å². The van der Waals surface area contributed by atoms with Gasteiger partial charge in [-0.25, -0.2) is 9.59 Å². The summed E-state index contributed by atoms with van der Waals surface area (Å²) in [5, 5.41) is 0. The van der Waals surface area contributed by atoms with E-state index in [4.69, 9.17) is 23.7 Å². The Balaban J connectivity index is 1.30. The van der Waals surface area contributed by atoms with E-state index >= 15 is 4.79 Å². The van der Waals surface area contributed by atoms with Gasteiger partial charge < -0.3 is 38.4 Å². The number of carbonyl (C=O) groups is 4. The number of ether oxygens (including phenoxy) is 5. The fraction of sp³-hybridized carbons (Fsp3) is 0.500. The molecule has 56 heavy (non-hydrogen) atoms. The lowest BCUT2D eigenvalue weighted by Crippen LogP contribution is -2.51. The molecule has 1 aliphatic carbocycles. The van der Waals surface area contributed by atoms with Gasteiger partial charge in [-0.05, 0) is 120 Å². The number of rotatable bonds is 13. The molecule has 3 aromatic carbocycles. The molecule has 12 heteroatoms. The third kappa shape index (κ3) is 9.46. The summed E-state index contributed by atoms with van der Waals surface area (Å²) in [5.74, 6) is -0.273. The van der Waals surface area contributed by atoms with Crippen LogP contribution >= 0.6 is 0 Å². The number of piperidine rings is 1. The highest BCUT2D eigenvalue weighted by Crippen LogP contribution is 2.43. The van der Waals surface area contributed by atoms with Crippen molar-refractivity contribution in [3.8, 4) is 22.6 Å². The van der Waals surface area contributed by atoms with Gasteiger partial charge in [0.1, 0.15) is 17.1 Å². The lowest BCUT2D eigenvalue weighted by molar-refractivity contribution is -0.158. The normalized spacial score (nSPS) is 18.4. The maximum atomic E-state index is 15.1. The van der Waals surface area contributed by atoms with E-state index in [1.807, 2.05) is 80.3 Å². The van der Waals surface area contributed by atoms with E-state index in [1.54, 1.807) is 37.7 Å². The Bertz CT molecular complexity index is 1900. The maximum absolute atomic E-state index is 15.1. The minimum absolute atomic E-state index is 0.00105. The topological polar surface area (TPSA) is 124 Å². The molecule has 1 saturated carbocycles. The third-order valence-corrected chi connectivity index (χ3v) is 10.3. The van der Waals surface area contributed by atoms with E-state index in [0.717, 1.165) is 29.5 Å². The molecule has 12 nitrogen and oxygen atoms in total. The van der Waals surface area contributed by atoms with E-state index in [1.165, 1.54) is 0 Å². The molecule has 3 amide bonds. The number of carbonyl (C=O) groups excluding carboxylic acids is 4. The summed E-state index contributed by atoms with van der Waals surface area (Å²) in [6, 6.07) is 21.4. The molecule has 2 aliphatic heterocycles. The van der Waals surface area contributed by atoms with Gasteiger partial charge in [0, 0.05) is 45.1 Å². The lowest BCUT2D eigenvalue weighted by atomic mass is 9.78. The van der Waals surface area contributed by atoms with E-state index in [-0.39, 0.29) is 43.5 Å². The molecule has 0 aromatic heterocycles. The van der Waals surface area contributed by atoms with Gasteiger partial charge in [0.05, 0.1) is 18.2 Å². The van der Waals surface area contributed by atoms with Crippen molar-refractivity contribution in [1.82, 2.24) is 4.90 Å². The molecule has 0 spiro atoms. The second-order valence-electron chi connectivity index (χ2n) is 16.2. The molecule has 6 rings (SSSR count). The molecule has 0 N–H and O–H groups in total. The van der Waals surface area contributed by atoms with E-state index in [2.05, 4.69) is 12.1 Å². The fourth-order valence-corrected chi connectivity index (χ4v) is 7.38. The molecule has 0 unspecified atom stereocenters. The van der Waals surface area contributed by atoms with Crippen LogP contribution in [0.3, 0.4) is 0 Å². The molecule has 2 heterocycles. The molecule has 300 valence electrons. The average Bonchev–Trinajstić information content (AvgIpc) is 4.00. The Kier molecular flexibility index (Phi) is 12.3. The highest BCUT2D eigenvalue weighted by atomic mass is 16.6. The van der Waals surface area contributed by atoms with Crippen molar-refractivity contribution in [1.29, 1.82) is 0 Å². The number of nitrogens with zero attached hydrogens (tertiary/aromatic N) is 3. The van der Waals surface area contributed by atoms with Crippen molar-refractivity contribution in [3.05, 3.63) is 72.3 Å². The van der Waals surface area contributed by atoms with Gasteiger partial charge in [0.25, 0.3) is 5.91 Å². The predicted octanol–water partition coefficient (Wildman–Crippen LogP) is 7.37. The first-order valence-corrected chi connectivity index (χ1v) is 19.6. The maximum Gasteiger partial charge on any atom is 0.410 e. The molecule has 2 fully saturated rings. The molecule has 2 atom stereocenters. The third-order valence-electron chi connectivity index (χ3n) is 10.3. The van der Waals surface area contributed by atoms with Crippen LogP contribution in [0, 0.1) is 5.92 Å². The molecule has 3 aliphatic rings. The zero-order valence-electron chi connectivity index (χ0n) is 33.7. The smallest absolute Gasteiger partial charge is 0.410 e. The van der Waals surface area contributed by atoms with Crippen LogP contribution in [0.15, 0.2) is 66.7 Å². The average molecular weight is 770 g/mol. The number of likely N-dealkylation sites (tertiary alicyclic amines) is 1. The van der Waals surface area contributed by atoms with Crippen LogP contribution in [-0.4, -0.2) is 92.6 Å². The van der Waals surface area contributed by atoms with Gasteiger partial charge in [-0.15, -0.1) is 0 Å². The number of hydrogen-bond acceptors (Lipinski definition) is 9. The quantitative estimate of drug-likeness (QED) is 0.130. The van der Waals surface area contributed by atoms with Crippen LogP contribution in [0.2, 0.25) is 0 Å². The van der Waals surface area contributed by atoms with Gasteiger partial charge in [0.2, 0.25) is 5.91 Å². The molecular weight excluding hydrogens is 714 g/mol. The van der Waals surface area contributed by atoms with Crippen molar-refractivity contribution in [2.45, 2.75) is 90.4 Å². The van der Waals surface area contributed by atoms with Gasteiger partial charge in [-0.2, -0.15) is 0 Å². The van der Waals surface area contributed by atoms with E-state index < -0.39 is 29.2 Å². The highest BCUT2D eigenvalue weighted by Gasteiger charge is 2.44. The van der Waals surface area contributed by atoms with Crippen LogP contribution in [-0.2, 0) is 28.6 Å². The minimum atomic E-state index is -1.14. The zero-order chi connectivity index (χ0) is 40.2. The van der Waals surface area contributed by atoms with Crippen molar-refractivity contribution >= 4 is 35.3 Å². The van der Waals surface area contributed by atoms with Crippen molar-refractivity contribution in [2.75, 3.05) is 56.4 Å². The number of esters is 1. The summed E-state index contributed by atoms with van der Waals surface area (Å²) >= 11 is 0. The van der Waals surface area contributed by atoms with Crippen LogP contribution < -0.4 is 19.3 Å². The van der Waals surface area contributed by atoms with E-state index in [9.17, 15) is 14.4 Å². The number of amides is 3. The number of anilines is 2. The van der Waals surface area contributed by atoms with Gasteiger partial charge in [-0.3, -0.25) is 9.59 Å². The number of benzene rings is 3. The summed E-state index contributed by atoms with van der Waals surface area (Å²) < 4.78 is 28.0. The SMILES string of the molecule is CCOC(=O)C(C)(C)Oc1ccc(-c2cccc([C@H]3CCN(C(=O)OC(C)(C)C)C[C@@H]3C(=O)N(c3ccc4c(c3)N(CCCOC)C(=O)CO4)C3CC3)c2)cc1. The fourth-order valence-electron chi connectivity index (χ4n) is 7.38. The van der Waals surface area contributed by atoms with Crippen LogP contribution in [0.5, 0.6) is 11.5 Å². The van der Waals surface area contributed by atoms with Crippen LogP contribution in [0.1, 0.15) is 78.7 Å². The number of methoxy groups -OCH3 is 1. The second kappa shape index (κ2) is 17.0. The Morgan fingerprint density at radius 2 is 1.68 bits per heavy atom. The van der Waals surface area contributed by atoms with Crippen LogP contribution in [0.4, 0.5) is 16.2 Å². The summed E-state index contributed by atoms with van der Waals surface area (Å²) in [5.41, 5.74) is 2.41. The molecule has 0 radical (unpaired) electrons. The molecule has 1 saturated heterocycles. The summed E-state index contributed by atoms with van der Waals surface area (Å²) in [4.78, 5) is 59.2. The van der Waals surface area contributed by atoms with Crippen molar-refractivity contribution < 1.29 is 42.9 Å². The highest BCUT2D eigenvalue weighted by molar-refractivity contribution is 6.01. The van der Waals surface area contributed by atoms with E-state index in [0.29, 0.717) is 55.4 Å². The standard InChI is InChI=1S/C44H55N3O9/c1-8-53-41(50)44(5,6)55-34-18-13-29(14-19-34)30-11-9-12-31(25-30)35-21-23-45(42(51)56-43(2,3)4)27-36(35)40(49)47(32-15-16-32)33-17-20-38-37(26-33)46(22-10-24-52-7)39(48)28-54-38/h9,11-14,17-20,25-26,32,35-36H,8,10,15-16,21-24,27-28H2,1-7H3/t35-,36+/m1/s1. The Morgan fingerprint density at radius 3 is 2.36 bits per heavy atom. The Labute approximate surface area is 330 Å². The number of hydrogen-bond donors (Lipinski definition) is 0. The summed E-state index contributed by atoms with van der Waals surface area (Å²) in [6.07, 6.45) is 2.49. The molecule has 0 bridgehead atoms. The van der Waals surface area contributed by atoms with Crippen molar-refractivity contribution in [3.63, 3.8) is 0 Å². The first-order chi connectivity index (χ1) is 26.7. The summed E-state index contributed by atoms with van der Waals surface area (Å²) in [7, 11) is 1.63. The van der Waals surface area contributed by atoms with Gasteiger partial charge in [-0.1, -0.05) is 36.4 Å². The predicted molar refractivity (Wildman–Crippen MR) is 213 cm³/mol. The first-order valence-electron chi connectivity index (χ1n) is 19.6. The van der Waals surface area contributed by atoms with Crippen LogP contribution in [0.25, 0.3) is 11.1 Å². The Hall–Kier alpha value is -5.10. The second-order valence-corrected chi connectivity index (χ2v) is 16.2. The minimum Gasteiger partial charge on any atom is -0.482 e. The number of fused-ring (bicyclic) bond motifs is 1.